The zero-order valence-electron chi connectivity index (χ0n) is 13.5. The predicted molar refractivity (Wildman–Crippen MR) is 87.1 cm³/mol. The summed E-state index contributed by atoms with van der Waals surface area (Å²) in [6.07, 6.45) is 2.25. The molecule has 3 amide bonds. The molecule has 1 heterocycles. The summed E-state index contributed by atoms with van der Waals surface area (Å²) in [5.74, 6) is -1.39. The Morgan fingerprint density at radius 3 is 2.33 bits per heavy atom. The normalized spacial score (nSPS) is 11.4. The van der Waals surface area contributed by atoms with Crippen molar-refractivity contribution in [3.63, 3.8) is 0 Å². The first-order valence-corrected chi connectivity index (χ1v) is 7.54. The first kappa shape index (κ1) is 17.3. The van der Waals surface area contributed by atoms with E-state index in [1.54, 1.807) is 18.2 Å². The largest absolute Gasteiger partial charge is 0.459 e. The quantitative estimate of drug-likeness (QED) is 0.722. The molecular weight excluding hydrogens is 310 g/mol. The van der Waals surface area contributed by atoms with Crippen molar-refractivity contribution in [2.75, 3.05) is 0 Å². The molecule has 0 aliphatic rings. The van der Waals surface area contributed by atoms with E-state index in [0.29, 0.717) is 5.56 Å². The van der Waals surface area contributed by atoms with Gasteiger partial charge in [0.15, 0.2) is 5.76 Å². The molecule has 0 aliphatic heterocycles. The Morgan fingerprint density at radius 1 is 1.04 bits per heavy atom. The van der Waals surface area contributed by atoms with Crippen LogP contribution < -0.4 is 16.2 Å². The summed E-state index contributed by atoms with van der Waals surface area (Å²) in [6.45, 7) is 3.52. The molecule has 0 radical (unpaired) electrons. The van der Waals surface area contributed by atoms with Crippen molar-refractivity contribution in [1.82, 2.24) is 16.2 Å². The van der Waals surface area contributed by atoms with Gasteiger partial charge in [-0.25, -0.2) is 0 Å². The highest BCUT2D eigenvalue weighted by molar-refractivity contribution is 5.97. The van der Waals surface area contributed by atoms with Crippen molar-refractivity contribution in [3.05, 3.63) is 59.5 Å². The number of carbonyl (C=O) groups excluding carboxylic acids is 3. The van der Waals surface area contributed by atoms with Crippen LogP contribution in [0.1, 0.15) is 40.3 Å². The number of hydrogen-bond acceptors (Lipinski definition) is 4. The molecule has 7 heteroatoms. The van der Waals surface area contributed by atoms with E-state index in [2.05, 4.69) is 16.2 Å². The fraction of sp³-hybridized carbons (Fsp3) is 0.235. The highest BCUT2D eigenvalue weighted by Gasteiger charge is 2.18. The van der Waals surface area contributed by atoms with Gasteiger partial charge < -0.3 is 9.73 Å². The van der Waals surface area contributed by atoms with E-state index >= 15 is 0 Å². The predicted octanol–water partition coefficient (Wildman–Crippen LogP) is 1.42. The lowest BCUT2D eigenvalue weighted by molar-refractivity contribution is -0.123. The van der Waals surface area contributed by atoms with Gasteiger partial charge in [0.2, 0.25) is 0 Å². The van der Waals surface area contributed by atoms with Gasteiger partial charge in [0, 0.05) is 5.56 Å². The maximum Gasteiger partial charge on any atom is 0.287 e. The van der Waals surface area contributed by atoms with Crippen LogP contribution in [0, 0.1) is 0 Å². The van der Waals surface area contributed by atoms with Crippen LogP contribution in [0.15, 0.2) is 47.1 Å². The van der Waals surface area contributed by atoms with E-state index in [-0.39, 0.29) is 5.76 Å². The molecule has 0 saturated heterocycles. The molecule has 1 aromatic carbocycles. The molecule has 0 saturated carbocycles. The molecule has 0 spiro atoms. The third kappa shape index (κ3) is 4.45. The SMILES string of the molecule is CCc1ccc(C(=O)NNC(=O)C(C)NC(=O)c2ccco2)cc1. The number of furan rings is 1. The minimum Gasteiger partial charge on any atom is -0.459 e. The number of carbonyl (C=O) groups is 3. The van der Waals surface area contributed by atoms with Gasteiger partial charge in [0.05, 0.1) is 6.26 Å². The monoisotopic (exact) mass is 329 g/mol. The van der Waals surface area contributed by atoms with E-state index in [1.807, 2.05) is 19.1 Å². The van der Waals surface area contributed by atoms with E-state index in [1.165, 1.54) is 19.3 Å². The number of benzene rings is 1. The van der Waals surface area contributed by atoms with Crippen molar-refractivity contribution in [1.29, 1.82) is 0 Å². The molecule has 0 bridgehead atoms. The van der Waals surface area contributed by atoms with Gasteiger partial charge >= 0.3 is 0 Å². The van der Waals surface area contributed by atoms with E-state index in [9.17, 15) is 14.4 Å². The van der Waals surface area contributed by atoms with Crippen molar-refractivity contribution in [2.24, 2.45) is 0 Å². The van der Waals surface area contributed by atoms with Crippen LogP contribution in [0.2, 0.25) is 0 Å². The maximum absolute atomic E-state index is 12.0. The summed E-state index contributed by atoms with van der Waals surface area (Å²) >= 11 is 0. The second-order valence-electron chi connectivity index (χ2n) is 5.17. The number of hydrogen-bond donors (Lipinski definition) is 3. The molecule has 0 aliphatic carbocycles. The zero-order chi connectivity index (χ0) is 17.5. The second-order valence-corrected chi connectivity index (χ2v) is 5.17. The van der Waals surface area contributed by atoms with Gasteiger partial charge in [0.1, 0.15) is 6.04 Å². The summed E-state index contributed by atoms with van der Waals surface area (Å²) in [5.41, 5.74) is 6.13. The van der Waals surface area contributed by atoms with Crippen LogP contribution in [-0.4, -0.2) is 23.8 Å². The van der Waals surface area contributed by atoms with Crippen molar-refractivity contribution in [3.8, 4) is 0 Å². The lowest BCUT2D eigenvalue weighted by Crippen LogP contribution is -2.51. The average Bonchev–Trinajstić information content (AvgIpc) is 3.14. The molecule has 126 valence electrons. The van der Waals surface area contributed by atoms with Gasteiger partial charge in [-0.3, -0.25) is 25.2 Å². The molecule has 1 atom stereocenters. The van der Waals surface area contributed by atoms with Crippen LogP contribution in [0.4, 0.5) is 0 Å². The minimum atomic E-state index is -0.842. The molecular formula is C17H19N3O4. The Hall–Kier alpha value is -3.09. The van der Waals surface area contributed by atoms with E-state index in [0.717, 1.165) is 12.0 Å². The Kier molecular flexibility index (Phi) is 5.73. The topological polar surface area (TPSA) is 100 Å². The van der Waals surface area contributed by atoms with Gasteiger partial charge in [-0.2, -0.15) is 0 Å². The zero-order valence-corrected chi connectivity index (χ0v) is 13.5. The number of nitrogens with one attached hydrogen (secondary N) is 3. The molecule has 0 fully saturated rings. The van der Waals surface area contributed by atoms with Crippen LogP contribution in [0.3, 0.4) is 0 Å². The summed E-state index contributed by atoms with van der Waals surface area (Å²) in [4.78, 5) is 35.6. The summed E-state index contributed by atoms with van der Waals surface area (Å²) in [5, 5.41) is 2.46. The molecule has 1 unspecified atom stereocenters. The van der Waals surface area contributed by atoms with Gasteiger partial charge in [0.25, 0.3) is 17.7 Å². The average molecular weight is 329 g/mol. The summed E-state index contributed by atoms with van der Waals surface area (Å²) in [6, 6.07) is 9.28. The summed E-state index contributed by atoms with van der Waals surface area (Å²) in [7, 11) is 0. The maximum atomic E-state index is 12.0. The second kappa shape index (κ2) is 7.96. The van der Waals surface area contributed by atoms with E-state index in [4.69, 9.17) is 4.42 Å². The highest BCUT2D eigenvalue weighted by Crippen LogP contribution is 2.04. The van der Waals surface area contributed by atoms with Crippen LogP contribution in [0.5, 0.6) is 0 Å². The minimum absolute atomic E-state index is 0.106. The van der Waals surface area contributed by atoms with Crippen molar-refractivity contribution >= 4 is 17.7 Å². The molecule has 3 N–H and O–H groups in total. The summed E-state index contributed by atoms with van der Waals surface area (Å²) < 4.78 is 4.94. The lowest BCUT2D eigenvalue weighted by Gasteiger charge is -2.14. The first-order chi connectivity index (χ1) is 11.5. The van der Waals surface area contributed by atoms with Crippen molar-refractivity contribution in [2.45, 2.75) is 26.3 Å². The number of hydrazine groups is 1. The fourth-order valence-corrected chi connectivity index (χ4v) is 1.93. The third-order valence-corrected chi connectivity index (χ3v) is 3.41. The number of aryl methyl sites for hydroxylation is 1. The molecule has 7 nitrogen and oxygen atoms in total. The third-order valence-electron chi connectivity index (χ3n) is 3.41. The first-order valence-electron chi connectivity index (χ1n) is 7.54. The standard InChI is InChI=1S/C17H19N3O4/c1-3-12-6-8-13(9-7-12)16(22)20-19-15(21)11(2)18-17(23)14-5-4-10-24-14/h4-11H,3H2,1-2H3,(H,18,23)(H,19,21)(H,20,22). The smallest absolute Gasteiger partial charge is 0.287 e. The van der Waals surface area contributed by atoms with Crippen LogP contribution in [0.25, 0.3) is 0 Å². The number of rotatable bonds is 5. The molecule has 24 heavy (non-hydrogen) atoms. The van der Waals surface area contributed by atoms with Crippen molar-refractivity contribution < 1.29 is 18.8 Å². The lowest BCUT2D eigenvalue weighted by atomic mass is 10.1. The Morgan fingerprint density at radius 2 is 1.75 bits per heavy atom. The van der Waals surface area contributed by atoms with Crippen LogP contribution in [-0.2, 0) is 11.2 Å². The van der Waals surface area contributed by atoms with Gasteiger partial charge in [-0.05, 0) is 43.2 Å². The van der Waals surface area contributed by atoms with Gasteiger partial charge in [-0.1, -0.05) is 19.1 Å². The van der Waals surface area contributed by atoms with Crippen LogP contribution >= 0.6 is 0 Å². The Balaban J connectivity index is 1.82. The molecule has 2 aromatic rings. The van der Waals surface area contributed by atoms with Gasteiger partial charge in [-0.15, -0.1) is 0 Å². The molecule has 2 rings (SSSR count). The van der Waals surface area contributed by atoms with E-state index < -0.39 is 23.8 Å². The highest BCUT2D eigenvalue weighted by atomic mass is 16.3. The fourth-order valence-electron chi connectivity index (χ4n) is 1.93. The molecule has 1 aromatic heterocycles. The Labute approximate surface area is 139 Å². The Bertz CT molecular complexity index is 708. The number of amides is 3.